The van der Waals surface area contributed by atoms with Crippen LogP contribution in [0.5, 0.6) is 5.75 Å². The van der Waals surface area contributed by atoms with Crippen molar-refractivity contribution in [1.82, 2.24) is 14.8 Å². The number of pyridine rings is 1. The van der Waals surface area contributed by atoms with Gasteiger partial charge in [-0.15, -0.1) is 0 Å². The van der Waals surface area contributed by atoms with Gasteiger partial charge in [0, 0.05) is 29.9 Å². The van der Waals surface area contributed by atoms with E-state index < -0.39 is 17.5 Å². The molecule has 0 bridgehead atoms. The molecular formula is C20H20F3N3O2. The number of halogens is 3. The Morgan fingerprint density at radius 1 is 1.14 bits per heavy atom. The number of rotatable bonds is 2. The second-order valence-electron chi connectivity index (χ2n) is 7.13. The minimum absolute atomic E-state index is 0.243. The van der Waals surface area contributed by atoms with E-state index in [1.165, 1.54) is 6.92 Å². The molecule has 8 heteroatoms. The van der Waals surface area contributed by atoms with Gasteiger partial charge in [-0.3, -0.25) is 4.68 Å². The second kappa shape index (κ2) is 6.77. The van der Waals surface area contributed by atoms with E-state index in [-0.39, 0.29) is 11.6 Å². The van der Waals surface area contributed by atoms with Gasteiger partial charge in [0.05, 0.1) is 17.3 Å². The van der Waals surface area contributed by atoms with E-state index in [1.807, 2.05) is 17.7 Å². The van der Waals surface area contributed by atoms with Crippen LogP contribution >= 0.6 is 0 Å². The Balaban J connectivity index is 1.78. The molecular weight excluding hydrogens is 371 g/mol. The highest BCUT2D eigenvalue weighted by Crippen LogP contribution is 2.39. The second-order valence-corrected chi connectivity index (χ2v) is 7.13. The van der Waals surface area contributed by atoms with Gasteiger partial charge in [-0.25, -0.2) is 4.98 Å². The summed E-state index contributed by atoms with van der Waals surface area (Å²) in [5, 5.41) is 15.8. The Bertz CT molecular complexity index is 1010. The molecule has 3 aromatic rings. The van der Waals surface area contributed by atoms with Crippen LogP contribution in [0, 0.1) is 13.8 Å². The number of hydrogen-bond donors (Lipinski definition) is 1. The Morgan fingerprint density at radius 2 is 1.86 bits per heavy atom. The van der Waals surface area contributed by atoms with E-state index in [1.54, 1.807) is 6.07 Å². The van der Waals surface area contributed by atoms with E-state index in [9.17, 15) is 18.3 Å². The lowest BCUT2D eigenvalue weighted by molar-refractivity contribution is -0.137. The van der Waals surface area contributed by atoms with Gasteiger partial charge in [-0.1, -0.05) is 0 Å². The van der Waals surface area contributed by atoms with E-state index in [2.05, 4.69) is 10.1 Å². The maximum Gasteiger partial charge on any atom is 0.416 e. The first-order valence-corrected chi connectivity index (χ1v) is 9.10. The van der Waals surface area contributed by atoms with Crippen molar-refractivity contribution in [2.75, 3.05) is 13.2 Å². The van der Waals surface area contributed by atoms with Gasteiger partial charge in [-0.05, 0) is 56.5 Å². The number of aryl methyl sites for hydroxylation is 2. The molecule has 148 valence electrons. The number of ether oxygens (including phenoxy) is 1. The van der Waals surface area contributed by atoms with Gasteiger partial charge in [0.1, 0.15) is 5.75 Å². The number of phenolic OH excluding ortho intramolecular Hbond substituents is 1. The molecule has 1 fully saturated rings. The van der Waals surface area contributed by atoms with Crippen molar-refractivity contribution >= 4 is 11.0 Å². The summed E-state index contributed by atoms with van der Waals surface area (Å²) in [7, 11) is 0. The Morgan fingerprint density at radius 3 is 2.50 bits per heavy atom. The topological polar surface area (TPSA) is 60.2 Å². The van der Waals surface area contributed by atoms with E-state index >= 15 is 0 Å². The van der Waals surface area contributed by atoms with Crippen molar-refractivity contribution in [1.29, 1.82) is 0 Å². The minimum atomic E-state index is -4.52. The van der Waals surface area contributed by atoms with Crippen LogP contribution in [-0.4, -0.2) is 33.1 Å². The van der Waals surface area contributed by atoms with Crippen LogP contribution in [0.1, 0.15) is 35.7 Å². The molecule has 1 aromatic carbocycles. The monoisotopic (exact) mass is 391 g/mol. The molecule has 1 aliphatic rings. The van der Waals surface area contributed by atoms with E-state index in [4.69, 9.17) is 4.74 Å². The lowest BCUT2D eigenvalue weighted by Crippen LogP contribution is -2.21. The van der Waals surface area contributed by atoms with Crippen LogP contribution < -0.4 is 0 Å². The zero-order valence-corrected chi connectivity index (χ0v) is 15.5. The Kier molecular flexibility index (Phi) is 4.53. The number of alkyl halides is 3. The minimum Gasteiger partial charge on any atom is -0.507 e. The van der Waals surface area contributed by atoms with Gasteiger partial charge in [0.25, 0.3) is 0 Å². The summed E-state index contributed by atoms with van der Waals surface area (Å²) < 4.78 is 46.3. The van der Waals surface area contributed by atoms with E-state index in [0.29, 0.717) is 30.1 Å². The molecule has 0 aliphatic carbocycles. The van der Waals surface area contributed by atoms with Crippen molar-refractivity contribution in [2.45, 2.75) is 38.9 Å². The molecule has 5 nitrogen and oxygen atoms in total. The summed E-state index contributed by atoms with van der Waals surface area (Å²) in [6, 6.07) is 5.56. The number of aromatic hydroxyl groups is 1. The van der Waals surface area contributed by atoms with E-state index in [0.717, 1.165) is 36.1 Å². The van der Waals surface area contributed by atoms with Crippen LogP contribution in [-0.2, 0) is 10.9 Å². The molecule has 1 N–H and O–H groups in total. The lowest BCUT2D eigenvalue weighted by atomic mass is 10.00. The molecule has 4 rings (SSSR count). The van der Waals surface area contributed by atoms with Crippen molar-refractivity contribution in [3.05, 3.63) is 41.1 Å². The molecule has 2 aromatic heterocycles. The molecule has 0 radical (unpaired) electrons. The molecule has 3 heterocycles. The number of benzene rings is 1. The summed E-state index contributed by atoms with van der Waals surface area (Å²) in [5.41, 5.74) is 1.61. The van der Waals surface area contributed by atoms with Gasteiger partial charge in [0.2, 0.25) is 0 Å². The summed E-state index contributed by atoms with van der Waals surface area (Å²) >= 11 is 0. The van der Waals surface area contributed by atoms with Gasteiger partial charge in [0.15, 0.2) is 5.65 Å². The fraction of sp³-hybridized carbons (Fsp3) is 0.400. The third kappa shape index (κ3) is 3.22. The first kappa shape index (κ1) is 18.7. The zero-order chi connectivity index (χ0) is 20.1. The van der Waals surface area contributed by atoms with Crippen LogP contribution in [0.4, 0.5) is 13.2 Å². The lowest BCUT2D eigenvalue weighted by Gasteiger charge is -2.23. The molecule has 0 unspecified atom stereocenters. The summed E-state index contributed by atoms with van der Waals surface area (Å²) in [6.07, 6.45) is -2.77. The molecule has 1 saturated heterocycles. The van der Waals surface area contributed by atoms with Gasteiger partial charge >= 0.3 is 6.18 Å². The number of aromatic nitrogens is 3. The number of fused-ring (bicyclic) bond motifs is 1. The summed E-state index contributed by atoms with van der Waals surface area (Å²) in [6.45, 7) is 4.89. The smallest absolute Gasteiger partial charge is 0.416 e. The molecule has 0 saturated carbocycles. The quantitative estimate of drug-likeness (QED) is 0.682. The number of hydrogen-bond acceptors (Lipinski definition) is 4. The number of nitrogens with zero attached hydrogens (tertiary/aromatic N) is 3. The predicted molar refractivity (Wildman–Crippen MR) is 98.2 cm³/mol. The summed E-state index contributed by atoms with van der Waals surface area (Å²) in [4.78, 5) is 4.53. The van der Waals surface area contributed by atoms with Crippen LogP contribution in [0.2, 0.25) is 0 Å². The molecule has 0 spiro atoms. The standard InChI is InChI=1S/C20H20F3N3O2/c1-11-9-13(20(21,22)23)10-17(27)18(11)16-4-3-15-12(2)26(25-19(15)24-16)14-5-7-28-8-6-14/h3-4,9-10,14,27H,5-8H2,1-2H3. The molecule has 1 aliphatic heterocycles. The maximum atomic E-state index is 13.0. The third-order valence-electron chi connectivity index (χ3n) is 5.25. The normalized spacial score (nSPS) is 16.0. The van der Waals surface area contributed by atoms with Crippen LogP contribution in [0.25, 0.3) is 22.3 Å². The SMILES string of the molecule is Cc1cc(C(F)(F)F)cc(O)c1-c1ccc2c(C)n(C3CCOCC3)nc2n1. The first-order valence-electron chi connectivity index (χ1n) is 9.10. The number of phenols is 1. The van der Waals surface area contributed by atoms with Crippen molar-refractivity contribution in [3.8, 4) is 17.0 Å². The molecule has 0 atom stereocenters. The van der Waals surface area contributed by atoms with Crippen LogP contribution in [0.15, 0.2) is 24.3 Å². The zero-order valence-electron chi connectivity index (χ0n) is 15.5. The maximum absolute atomic E-state index is 13.0. The van der Waals surface area contributed by atoms with Crippen molar-refractivity contribution in [2.24, 2.45) is 0 Å². The fourth-order valence-corrected chi connectivity index (χ4v) is 3.80. The fourth-order valence-electron chi connectivity index (χ4n) is 3.80. The first-order chi connectivity index (χ1) is 13.3. The Labute approximate surface area is 159 Å². The predicted octanol–water partition coefficient (Wildman–Crippen LogP) is 4.79. The third-order valence-corrected chi connectivity index (χ3v) is 5.25. The molecule has 28 heavy (non-hydrogen) atoms. The average molecular weight is 391 g/mol. The highest BCUT2D eigenvalue weighted by atomic mass is 19.4. The van der Waals surface area contributed by atoms with Crippen LogP contribution in [0.3, 0.4) is 0 Å². The highest BCUT2D eigenvalue weighted by Gasteiger charge is 2.32. The van der Waals surface area contributed by atoms with Gasteiger partial charge < -0.3 is 9.84 Å². The average Bonchev–Trinajstić information content (AvgIpc) is 2.97. The van der Waals surface area contributed by atoms with Crippen molar-refractivity contribution in [3.63, 3.8) is 0 Å². The molecule has 0 amide bonds. The van der Waals surface area contributed by atoms with Gasteiger partial charge in [-0.2, -0.15) is 18.3 Å². The summed E-state index contributed by atoms with van der Waals surface area (Å²) in [5.74, 6) is -0.445. The largest absolute Gasteiger partial charge is 0.507 e. The Hall–Kier alpha value is -2.61. The van der Waals surface area contributed by atoms with Crippen molar-refractivity contribution < 1.29 is 23.0 Å². The highest BCUT2D eigenvalue weighted by molar-refractivity contribution is 5.82.